The Bertz CT molecular complexity index is 567. The maximum absolute atomic E-state index is 5.50. The first-order chi connectivity index (χ1) is 9.58. The minimum Gasteiger partial charge on any atom is -0.461 e. The second kappa shape index (κ2) is 6.18. The molecule has 8 nitrogen and oxygen atoms in total. The molecule has 0 spiro atoms. The Morgan fingerprint density at radius 2 is 2.00 bits per heavy atom. The highest BCUT2D eigenvalue weighted by Crippen LogP contribution is 2.12. The molecule has 0 aliphatic carbocycles. The number of ether oxygens (including phenoxy) is 1. The summed E-state index contributed by atoms with van der Waals surface area (Å²) in [6.45, 7) is 4.37. The molecule has 108 valence electrons. The van der Waals surface area contributed by atoms with Crippen LogP contribution in [0.4, 0.5) is 11.9 Å². The molecule has 2 N–H and O–H groups in total. The van der Waals surface area contributed by atoms with E-state index in [-0.39, 0.29) is 6.10 Å². The molecule has 0 unspecified atom stereocenters. The number of anilines is 2. The highest BCUT2D eigenvalue weighted by molar-refractivity contribution is 5.35. The van der Waals surface area contributed by atoms with Crippen LogP contribution in [0.25, 0.3) is 0 Å². The van der Waals surface area contributed by atoms with Gasteiger partial charge in [0.25, 0.3) is 0 Å². The van der Waals surface area contributed by atoms with E-state index in [4.69, 9.17) is 4.74 Å². The number of imidazole rings is 1. The Morgan fingerprint density at radius 1 is 1.25 bits per heavy atom. The van der Waals surface area contributed by atoms with Crippen molar-refractivity contribution in [2.45, 2.75) is 26.5 Å². The van der Waals surface area contributed by atoms with Gasteiger partial charge < -0.3 is 19.9 Å². The highest BCUT2D eigenvalue weighted by atomic mass is 16.5. The van der Waals surface area contributed by atoms with Crippen LogP contribution in [0, 0.1) is 0 Å². The van der Waals surface area contributed by atoms with Crippen molar-refractivity contribution in [1.82, 2.24) is 24.5 Å². The van der Waals surface area contributed by atoms with Gasteiger partial charge in [-0.05, 0) is 13.8 Å². The van der Waals surface area contributed by atoms with Crippen molar-refractivity contribution in [1.29, 1.82) is 0 Å². The van der Waals surface area contributed by atoms with Gasteiger partial charge in [-0.3, -0.25) is 0 Å². The molecule has 0 radical (unpaired) electrons. The molecule has 0 aliphatic heterocycles. The van der Waals surface area contributed by atoms with E-state index in [0.717, 1.165) is 5.82 Å². The van der Waals surface area contributed by atoms with Crippen molar-refractivity contribution in [3.05, 3.63) is 18.2 Å². The number of nitrogens with one attached hydrogen (secondary N) is 2. The molecule has 2 aromatic heterocycles. The molecule has 0 fully saturated rings. The van der Waals surface area contributed by atoms with Crippen LogP contribution in [0.3, 0.4) is 0 Å². The maximum Gasteiger partial charge on any atom is 0.323 e. The third-order valence-corrected chi connectivity index (χ3v) is 2.51. The van der Waals surface area contributed by atoms with E-state index in [0.29, 0.717) is 24.5 Å². The lowest BCUT2D eigenvalue weighted by atomic mass is 10.5. The zero-order chi connectivity index (χ0) is 14.5. The molecular formula is C12H19N7O. The molecule has 0 atom stereocenters. The highest BCUT2D eigenvalue weighted by Gasteiger charge is 2.09. The summed E-state index contributed by atoms with van der Waals surface area (Å²) in [4.78, 5) is 16.8. The maximum atomic E-state index is 5.50. The van der Waals surface area contributed by atoms with Crippen LogP contribution in [0.15, 0.2) is 12.4 Å². The molecule has 2 rings (SSSR count). The molecule has 0 amide bonds. The first kappa shape index (κ1) is 14.0. The fourth-order valence-electron chi connectivity index (χ4n) is 1.54. The van der Waals surface area contributed by atoms with Gasteiger partial charge in [-0.2, -0.15) is 15.0 Å². The van der Waals surface area contributed by atoms with E-state index in [9.17, 15) is 0 Å². The SMILES string of the molecule is CNc1nc(NCc2nccn2C)nc(OC(C)C)n1. The van der Waals surface area contributed by atoms with E-state index < -0.39 is 0 Å². The van der Waals surface area contributed by atoms with Crippen LogP contribution in [0.1, 0.15) is 19.7 Å². The third kappa shape index (κ3) is 3.56. The zero-order valence-electron chi connectivity index (χ0n) is 12.1. The number of rotatable bonds is 6. The van der Waals surface area contributed by atoms with Crippen LogP contribution >= 0.6 is 0 Å². The molecule has 8 heteroatoms. The van der Waals surface area contributed by atoms with Gasteiger partial charge in [-0.25, -0.2) is 4.98 Å². The predicted octanol–water partition coefficient (Wildman–Crippen LogP) is 1.05. The summed E-state index contributed by atoms with van der Waals surface area (Å²) in [6, 6.07) is 0.293. The van der Waals surface area contributed by atoms with Crippen molar-refractivity contribution in [3.8, 4) is 6.01 Å². The van der Waals surface area contributed by atoms with Crippen LogP contribution in [0.5, 0.6) is 6.01 Å². The standard InChI is InChI=1S/C12H19N7O/c1-8(2)20-12-17-10(13-3)16-11(18-12)15-7-9-14-5-6-19(9)4/h5-6,8H,7H2,1-4H3,(H2,13,15,16,17,18). The van der Waals surface area contributed by atoms with E-state index in [1.165, 1.54) is 0 Å². The molecule has 0 aliphatic rings. The molecule has 2 aromatic rings. The fraction of sp³-hybridized carbons (Fsp3) is 0.500. The van der Waals surface area contributed by atoms with Gasteiger partial charge in [0.15, 0.2) is 0 Å². The number of nitrogens with zero attached hydrogens (tertiary/aromatic N) is 5. The third-order valence-electron chi connectivity index (χ3n) is 2.51. The minimum atomic E-state index is 0.00416. The lowest BCUT2D eigenvalue weighted by molar-refractivity contribution is 0.222. The van der Waals surface area contributed by atoms with E-state index in [1.807, 2.05) is 31.7 Å². The summed E-state index contributed by atoms with van der Waals surface area (Å²) in [5.41, 5.74) is 0. The smallest absolute Gasteiger partial charge is 0.323 e. The van der Waals surface area contributed by atoms with Gasteiger partial charge >= 0.3 is 6.01 Å². The van der Waals surface area contributed by atoms with Crippen molar-refractivity contribution in [2.24, 2.45) is 7.05 Å². The molecule has 0 saturated carbocycles. The van der Waals surface area contributed by atoms with Gasteiger partial charge in [0.1, 0.15) is 5.82 Å². The first-order valence-corrected chi connectivity index (χ1v) is 6.39. The summed E-state index contributed by atoms with van der Waals surface area (Å²) >= 11 is 0. The molecule has 20 heavy (non-hydrogen) atoms. The zero-order valence-corrected chi connectivity index (χ0v) is 12.1. The van der Waals surface area contributed by atoms with Gasteiger partial charge in [0, 0.05) is 26.5 Å². The van der Waals surface area contributed by atoms with Crippen molar-refractivity contribution in [2.75, 3.05) is 17.7 Å². The quantitative estimate of drug-likeness (QED) is 0.815. The average Bonchev–Trinajstić information content (AvgIpc) is 2.81. The molecule has 0 saturated heterocycles. The van der Waals surface area contributed by atoms with Crippen LogP contribution in [0.2, 0.25) is 0 Å². The Balaban J connectivity index is 2.12. The largest absolute Gasteiger partial charge is 0.461 e. The number of aryl methyl sites for hydroxylation is 1. The second-order valence-corrected chi connectivity index (χ2v) is 4.49. The molecule has 2 heterocycles. The Hall–Kier alpha value is -2.38. The van der Waals surface area contributed by atoms with Gasteiger partial charge in [0.2, 0.25) is 11.9 Å². The summed E-state index contributed by atoms with van der Waals surface area (Å²) in [5, 5.41) is 5.99. The number of aromatic nitrogens is 5. The normalized spacial score (nSPS) is 10.7. The summed E-state index contributed by atoms with van der Waals surface area (Å²) in [6.07, 6.45) is 3.64. The summed E-state index contributed by atoms with van der Waals surface area (Å²) in [5.74, 6) is 1.80. The van der Waals surface area contributed by atoms with E-state index in [2.05, 4.69) is 30.6 Å². The second-order valence-electron chi connectivity index (χ2n) is 4.49. The lowest BCUT2D eigenvalue weighted by Gasteiger charge is -2.11. The predicted molar refractivity (Wildman–Crippen MR) is 75.7 cm³/mol. The molecule has 0 bridgehead atoms. The van der Waals surface area contributed by atoms with Crippen LogP contribution in [-0.2, 0) is 13.6 Å². The van der Waals surface area contributed by atoms with Crippen LogP contribution < -0.4 is 15.4 Å². The van der Waals surface area contributed by atoms with E-state index in [1.54, 1.807) is 13.2 Å². The van der Waals surface area contributed by atoms with Gasteiger partial charge in [-0.15, -0.1) is 0 Å². The average molecular weight is 277 g/mol. The Labute approximate surface area is 117 Å². The minimum absolute atomic E-state index is 0.00416. The lowest BCUT2D eigenvalue weighted by Crippen LogP contribution is -2.13. The van der Waals surface area contributed by atoms with Crippen molar-refractivity contribution < 1.29 is 4.74 Å². The Kier molecular flexibility index (Phi) is 4.34. The summed E-state index contributed by atoms with van der Waals surface area (Å²) < 4.78 is 7.42. The Morgan fingerprint density at radius 3 is 2.60 bits per heavy atom. The van der Waals surface area contributed by atoms with Crippen molar-refractivity contribution in [3.63, 3.8) is 0 Å². The number of hydrogen-bond donors (Lipinski definition) is 2. The van der Waals surface area contributed by atoms with Crippen molar-refractivity contribution >= 4 is 11.9 Å². The number of hydrogen-bond acceptors (Lipinski definition) is 7. The van der Waals surface area contributed by atoms with Crippen LogP contribution in [-0.4, -0.2) is 37.7 Å². The summed E-state index contributed by atoms with van der Waals surface area (Å²) in [7, 11) is 3.68. The van der Waals surface area contributed by atoms with E-state index >= 15 is 0 Å². The molecular weight excluding hydrogens is 258 g/mol. The fourth-order valence-corrected chi connectivity index (χ4v) is 1.54. The first-order valence-electron chi connectivity index (χ1n) is 6.39. The van der Waals surface area contributed by atoms with Gasteiger partial charge in [-0.1, -0.05) is 0 Å². The monoisotopic (exact) mass is 277 g/mol. The van der Waals surface area contributed by atoms with Gasteiger partial charge in [0.05, 0.1) is 12.6 Å². The topological polar surface area (TPSA) is 89.8 Å². The molecule has 0 aromatic carbocycles.